The van der Waals surface area contributed by atoms with Crippen molar-refractivity contribution in [1.29, 1.82) is 0 Å². The van der Waals surface area contributed by atoms with Gasteiger partial charge in [0.1, 0.15) is 5.75 Å². The molecule has 1 saturated heterocycles. The van der Waals surface area contributed by atoms with E-state index in [2.05, 4.69) is 4.90 Å². The summed E-state index contributed by atoms with van der Waals surface area (Å²) in [4.78, 5) is 2.45. The standard InChI is InChI=1S/C12H15NO/c14-12-4-2-1-3-9(12)6-13-7-10-5-11(10)8-13/h1-4,10-11,14H,5-8H2. The molecule has 0 aromatic heterocycles. The van der Waals surface area contributed by atoms with E-state index in [1.165, 1.54) is 19.5 Å². The fourth-order valence-electron chi connectivity index (χ4n) is 2.51. The average molecular weight is 189 g/mol. The minimum atomic E-state index is 0.438. The first-order chi connectivity index (χ1) is 6.83. The monoisotopic (exact) mass is 189 g/mol. The van der Waals surface area contributed by atoms with Crippen molar-refractivity contribution in [2.24, 2.45) is 11.8 Å². The molecular weight excluding hydrogens is 174 g/mol. The van der Waals surface area contributed by atoms with E-state index in [-0.39, 0.29) is 0 Å². The molecule has 1 aliphatic carbocycles. The number of benzene rings is 1. The highest BCUT2D eigenvalue weighted by molar-refractivity contribution is 5.31. The molecule has 2 heteroatoms. The number of nitrogens with zero attached hydrogens (tertiary/aromatic N) is 1. The molecule has 1 N–H and O–H groups in total. The molecule has 1 saturated carbocycles. The molecule has 1 aromatic carbocycles. The molecule has 2 fully saturated rings. The third kappa shape index (κ3) is 1.40. The van der Waals surface area contributed by atoms with Gasteiger partial charge in [-0.1, -0.05) is 18.2 Å². The van der Waals surface area contributed by atoms with Gasteiger partial charge >= 0.3 is 0 Å². The van der Waals surface area contributed by atoms with E-state index in [4.69, 9.17) is 0 Å². The van der Waals surface area contributed by atoms with Gasteiger partial charge in [0.05, 0.1) is 0 Å². The Morgan fingerprint density at radius 1 is 1.21 bits per heavy atom. The third-order valence-corrected chi connectivity index (χ3v) is 3.44. The molecule has 2 nitrogen and oxygen atoms in total. The van der Waals surface area contributed by atoms with Crippen LogP contribution >= 0.6 is 0 Å². The van der Waals surface area contributed by atoms with E-state index in [9.17, 15) is 5.11 Å². The molecule has 2 atom stereocenters. The smallest absolute Gasteiger partial charge is 0.120 e. The molecule has 0 bridgehead atoms. The van der Waals surface area contributed by atoms with E-state index < -0.39 is 0 Å². The van der Waals surface area contributed by atoms with Crippen LogP contribution < -0.4 is 0 Å². The summed E-state index contributed by atoms with van der Waals surface area (Å²) in [5, 5.41) is 9.62. The van der Waals surface area contributed by atoms with E-state index >= 15 is 0 Å². The van der Waals surface area contributed by atoms with Crippen molar-refractivity contribution in [3.63, 3.8) is 0 Å². The first kappa shape index (κ1) is 8.30. The highest BCUT2D eigenvalue weighted by Crippen LogP contribution is 2.45. The van der Waals surface area contributed by atoms with Crippen LogP contribution in [-0.4, -0.2) is 23.1 Å². The normalized spacial score (nSPS) is 30.3. The van der Waals surface area contributed by atoms with Crippen LogP contribution in [0.5, 0.6) is 5.75 Å². The first-order valence-corrected chi connectivity index (χ1v) is 5.32. The molecule has 1 aliphatic heterocycles. The summed E-state index contributed by atoms with van der Waals surface area (Å²) in [6, 6.07) is 7.65. The summed E-state index contributed by atoms with van der Waals surface area (Å²) < 4.78 is 0. The summed E-state index contributed by atoms with van der Waals surface area (Å²) in [5.74, 6) is 2.38. The lowest BCUT2D eigenvalue weighted by molar-refractivity contribution is 0.292. The van der Waals surface area contributed by atoms with Gasteiger partial charge in [0, 0.05) is 25.2 Å². The summed E-state index contributed by atoms with van der Waals surface area (Å²) in [7, 11) is 0. The van der Waals surface area contributed by atoms with E-state index in [0.717, 1.165) is 23.9 Å². The van der Waals surface area contributed by atoms with Gasteiger partial charge in [-0.05, 0) is 24.3 Å². The number of hydrogen-bond acceptors (Lipinski definition) is 2. The van der Waals surface area contributed by atoms with Crippen LogP contribution in [0.4, 0.5) is 0 Å². The Kier molecular flexibility index (Phi) is 1.77. The number of piperidine rings is 1. The van der Waals surface area contributed by atoms with Gasteiger partial charge in [0.25, 0.3) is 0 Å². The second kappa shape index (κ2) is 2.99. The van der Waals surface area contributed by atoms with E-state index in [1.807, 2.05) is 18.2 Å². The van der Waals surface area contributed by atoms with Gasteiger partial charge < -0.3 is 5.11 Å². The summed E-state index contributed by atoms with van der Waals surface area (Å²) >= 11 is 0. The molecule has 1 heterocycles. The first-order valence-electron chi connectivity index (χ1n) is 5.32. The fraction of sp³-hybridized carbons (Fsp3) is 0.500. The van der Waals surface area contributed by atoms with Crippen LogP contribution in [0, 0.1) is 11.8 Å². The lowest BCUT2D eigenvalue weighted by atomic mass is 10.2. The minimum Gasteiger partial charge on any atom is -0.508 e. The molecule has 0 spiro atoms. The van der Waals surface area contributed by atoms with E-state index in [0.29, 0.717) is 5.75 Å². The van der Waals surface area contributed by atoms with Gasteiger partial charge in [-0.2, -0.15) is 0 Å². The molecule has 1 aromatic rings. The molecule has 74 valence electrons. The van der Waals surface area contributed by atoms with Crippen LogP contribution in [0.3, 0.4) is 0 Å². The highest BCUT2D eigenvalue weighted by atomic mass is 16.3. The number of phenolic OH excluding ortho intramolecular Hbond substituents is 1. The van der Waals surface area contributed by atoms with Crippen molar-refractivity contribution in [1.82, 2.24) is 4.90 Å². The van der Waals surface area contributed by atoms with E-state index in [1.54, 1.807) is 6.07 Å². The maximum absolute atomic E-state index is 9.62. The number of hydrogen-bond donors (Lipinski definition) is 1. The fourth-order valence-corrected chi connectivity index (χ4v) is 2.51. The lowest BCUT2D eigenvalue weighted by Crippen LogP contribution is -2.21. The summed E-state index contributed by atoms with van der Waals surface area (Å²) in [5.41, 5.74) is 1.06. The highest BCUT2D eigenvalue weighted by Gasteiger charge is 2.44. The molecular formula is C12H15NO. The molecule has 2 unspecified atom stereocenters. The van der Waals surface area contributed by atoms with Crippen molar-refractivity contribution in [3.8, 4) is 5.75 Å². The SMILES string of the molecule is Oc1ccccc1CN1CC2CC2C1. The van der Waals surface area contributed by atoms with Crippen molar-refractivity contribution < 1.29 is 5.11 Å². The van der Waals surface area contributed by atoms with Crippen LogP contribution in [0.15, 0.2) is 24.3 Å². The quantitative estimate of drug-likeness (QED) is 0.767. The minimum absolute atomic E-state index is 0.438. The Morgan fingerprint density at radius 2 is 1.93 bits per heavy atom. The number of aromatic hydroxyl groups is 1. The number of likely N-dealkylation sites (tertiary alicyclic amines) is 1. The Morgan fingerprint density at radius 3 is 2.64 bits per heavy atom. The van der Waals surface area contributed by atoms with Gasteiger partial charge in [0.2, 0.25) is 0 Å². The lowest BCUT2D eigenvalue weighted by Gasteiger charge is -2.17. The topological polar surface area (TPSA) is 23.5 Å². The number of rotatable bonds is 2. The second-order valence-electron chi connectivity index (χ2n) is 4.58. The summed E-state index contributed by atoms with van der Waals surface area (Å²) in [6.45, 7) is 3.39. The zero-order valence-corrected chi connectivity index (χ0v) is 8.19. The number of phenols is 1. The van der Waals surface area contributed by atoms with Gasteiger partial charge in [-0.3, -0.25) is 4.90 Å². The third-order valence-electron chi connectivity index (χ3n) is 3.44. The Bertz CT molecular complexity index is 340. The molecule has 14 heavy (non-hydrogen) atoms. The molecule has 2 aliphatic rings. The Balaban J connectivity index is 1.69. The van der Waals surface area contributed by atoms with Crippen LogP contribution in [0.1, 0.15) is 12.0 Å². The molecule has 0 radical (unpaired) electrons. The van der Waals surface area contributed by atoms with Crippen LogP contribution in [0.25, 0.3) is 0 Å². The predicted octanol–water partition coefficient (Wildman–Crippen LogP) is 1.84. The second-order valence-corrected chi connectivity index (χ2v) is 4.58. The predicted molar refractivity (Wildman–Crippen MR) is 55.0 cm³/mol. The van der Waals surface area contributed by atoms with Crippen LogP contribution in [-0.2, 0) is 6.54 Å². The van der Waals surface area contributed by atoms with Crippen molar-refractivity contribution in [2.75, 3.05) is 13.1 Å². The van der Waals surface area contributed by atoms with Crippen molar-refractivity contribution in [2.45, 2.75) is 13.0 Å². The largest absolute Gasteiger partial charge is 0.508 e. The maximum atomic E-state index is 9.62. The van der Waals surface area contributed by atoms with Crippen molar-refractivity contribution >= 4 is 0 Å². The number of fused-ring (bicyclic) bond motifs is 1. The zero-order chi connectivity index (χ0) is 9.54. The van der Waals surface area contributed by atoms with Gasteiger partial charge in [0.15, 0.2) is 0 Å². The van der Waals surface area contributed by atoms with Crippen molar-refractivity contribution in [3.05, 3.63) is 29.8 Å². The van der Waals surface area contributed by atoms with Crippen LogP contribution in [0.2, 0.25) is 0 Å². The van der Waals surface area contributed by atoms with Gasteiger partial charge in [-0.25, -0.2) is 0 Å². The number of para-hydroxylation sites is 1. The summed E-state index contributed by atoms with van der Waals surface area (Å²) in [6.07, 6.45) is 1.44. The Hall–Kier alpha value is -1.02. The molecule has 3 rings (SSSR count). The average Bonchev–Trinajstić information content (AvgIpc) is 2.79. The Labute approximate surface area is 84.2 Å². The zero-order valence-electron chi connectivity index (χ0n) is 8.19. The van der Waals surface area contributed by atoms with Gasteiger partial charge in [-0.15, -0.1) is 0 Å². The maximum Gasteiger partial charge on any atom is 0.120 e. The molecule has 0 amide bonds.